The maximum Gasteiger partial charge on any atom is 0.161 e. The first-order valence-electron chi connectivity index (χ1n) is 7.44. The molecule has 0 amide bonds. The fourth-order valence-electron chi connectivity index (χ4n) is 2.58. The SMILES string of the molecule is CCC(NCc1ccc(C)o1)c1ccc2c(c1)OCCO2. The predicted molar refractivity (Wildman–Crippen MR) is 80.7 cm³/mol. The fraction of sp³-hybridized carbons (Fsp3) is 0.412. The minimum absolute atomic E-state index is 0.270. The zero-order valence-corrected chi connectivity index (χ0v) is 12.5. The highest BCUT2D eigenvalue weighted by molar-refractivity contribution is 5.44. The topological polar surface area (TPSA) is 43.6 Å². The minimum atomic E-state index is 0.270. The van der Waals surface area contributed by atoms with Crippen LogP contribution < -0.4 is 14.8 Å². The Morgan fingerprint density at radius 2 is 1.90 bits per heavy atom. The number of rotatable bonds is 5. The number of fused-ring (bicyclic) bond motifs is 1. The molecule has 4 heteroatoms. The van der Waals surface area contributed by atoms with Crippen LogP contribution in [0.25, 0.3) is 0 Å². The van der Waals surface area contributed by atoms with Crippen molar-refractivity contribution in [2.45, 2.75) is 32.9 Å². The Kier molecular flexibility index (Phi) is 4.15. The van der Waals surface area contributed by atoms with Crippen molar-refractivity contribution in [1.29, 1.82) is 0 Å². The maximum atomic E-state index is 5.65. The number of hydrogen-bond acceptors (Lipinski definition) is 4. The second kappa shape index (κ2) is 6.22. The van der Waals surface area contributed by atoms with Crippen LogP contribution in [-0.4, -0.2) is 13.2 Å². The molecule has 1 aliphatic rings. The van der Waals surface area contributed by atoms with Crippen molar-refractivity contribution >= 4 is 0 Å². The van der Waals surface area contributed by atoms with Crippen molar-refractivity contribution in [3.63, 3.8) is 0 Å². The van der Waals surface area contributed by atoms with Gasteiger partial charge in [0.2, 0.25) is 0 Å². The third-order valence-electron chi connectivity index (χ3n) is 3.70. The molecule has 2 heterocycles. The molecular weight excluding hydrogens is 266 g/mol. The van der Waals surface area contributed by atoms with E-state index in [1.54, 1.807) is 0 Å². The van der Waals surface area contributed by atoms with Crippen molar-refractivity contribution in [2.75, 3.05) is 13.2 Å². The van der Waals surface area contributed by atoms with E-state index in [0.29, 0.717) is 13.2 Å². The second-order valence-corrected chi connectivity index (χ2v) is 5.26. The van der Waals surface area contributed by atoms with Crippen LogP contribution in [0.2, 0.25) is 0 Å². The summed E-state index contributed by atoms with van der Waals surface area (Å²) in [7, 11) is 0. The second-order valence-electron chi connectivity index (χ2n) is 5.26. The van der Waals surface area contributed by atoms with Gasteiger partial charge in [0.1, 0.15) is 24.7 Å². The Bertz CT molecular complexity index is 606. The smallest absolute Gasteiger partial charge is 0.161 e. The molecule has 112 valence electrons. The van der Waals surface area contributed by atoms with E-state index in [2.05, 4.69) is 24.4 Å². The third-order valence-corrected chi connectivity index (χ3v) is 3.70. The Hall–Kier alpha value is -1.94. The standard InChI is InChI=1S/C17H21NO3/c1-3-15(18-11-14-6-4-12(2)21-14)13-5-7-16-17(10-13)20-9-8-19-16/h4-7,10,15,18H,3,8-9,11H2,1-2H3. The summed E-state index contributed by atoms with van der Waals surface area (Å²) in [6.45, 7) is 6.09. The molecule has 4 nitrogen and oxygen atoms in total. The molecule has 21 heavy (non-hydrogen) atoms. The monoisotopic (exact) mass is 287 g/mol. The molecule has 0 spiro atoms. The van der Waals surface area contributed by atoms with Crippen molar-refractivity contribution in [1.82, 2.24) is 5.32 Å². The van der Waals surface area contributed by atoms with Crippen LogP contribution in [0.4, 0.5) is 0 Å². The number of furan rings is 1. The number of ether oxygens (including phenoxy) is 2. The van der Waals surface area contributed by atoms with Gasteiger partial charge in [0.25, 0.3) is 0 Å². The zero-order chi connectivity index (χ0) is 14.7. The Balaban J connectivity index is 1.70. The lowest BCUT2D eigenvalue weighted by molar-refractivity contribution is 0.171. The average Bonchev–Trinajstić information content (AvgIpc) is 2.93. The van der Waals surface area contributed by atoms with E-state index in [4.69, 9.17) is 13.9 Å². The van der Waals surface area contributed by atoms with Gasteiger partial charge < -0.3 is 19.2 Å². The van der Waals surface area contributed by atoms with E-state index in [-0.39, 0.29) is 6.04 Å². The number of aryl methyl sites for hydroxylation is 1. The lowest BCUT2D eigenvalue weighted by Gasteiger charge is -2.22. The Labute approximate surface area is 125 Å². The summed E-state index contributed by atoms with van der Waals surface area (Å²) < 4.78 is 16.8. The van der Waals surface area contributed by atoms with Gasteiger partial charge in [-0.1, -0.05) is 13.0 Å². The summed E-state index contributed by atoms with van der Waals surface area (Å²) in [5.74, 6) is 3.58. The summed E-state index contributed by atoms with van der Waals surface area (Å²) >= 11 is 0. The van der Waals surface area contributed by atoms with Crippen molar-refractivity contribution in [3.05, 3.63) is 47.4 Å². The van der Waals surface area contributed by atoms with Gasteiger partial charge in [0.15, 0.2) is 11.5 Å². The van der Waals surface area contributed by atoms with Crippen LogP contribution in [-0.2, 0) is 6.54 Å². The highest BCUT2D eigenvalue weighted by Crippen LogP contribution is 2.33. The van der Waals surface area contributed by atoms with Crippen LogP contribution in [0.1, 0.15) is 36.5 Å². The van der Waals surface area contributed by atoms with Crippen molar-refractivity contribution in [3.8, 4) is 11.5 Å². The summed E-state index contributed by atoms with van der Waals surface area (Å²) in [6.07, 6.45) is 0.999. The van der Waals surface area contributed by atoms with Gasteiger partial charge in [-0.15, -0.1) is 0 Å². The largest absolute Gasteiger partial charge is 0.486 e. The van der Waals surface area contributed by atoms with Gasteiger partial charge >= 0.3 is 0 Å². The van der Waals surface area contributed by atoms with E-state index in [1.165, 1.54) is 5.56 Å². The Morgan fingerprint density at radius 3 is 2.62 bits per heavy atom. The van der Waals surface area contributed by atoms with E-state index >= 15 is 0 Å². The van der Waals surface area contributed by atoms with Gasteiger partial charge in [0, 0.05) is 6.04 Å². The first kappa shape index (κ1) is 14.0. The molecule has 1 atom stereocenters. The molecule has 2 aromatic rings. The maximum absolute atomic E-state index is 5.65. The zero-order valence-electron chi connectivity index (χ0n) is 12.5. The fourth-order valence-corrected chi connectivity index (χ4v) is 2.58. The molecule has 3 rings (SSSR count). The summed E-state index contributed by atoms with van der Waals surface area (Å²) in [4.78, 5) is 0. The molecule has 1 N–H and O–H groups in total. The van der Waals surface area contributed by atoms with Gasteiger partial charge in [-0.05, 0) is 43.2 Å². The van der Waals surface area contributed by atoms with Crippen LogP contribution in [0.3, 0.4) is 0 Å². The number of hydrogen-bond donors (Lipinski definition) is 1. The van der Waals surface area contributed by atoms with Gasteiger partial charge in [-0.2, -0.15) is 0 Å². The Morgan fingerprint density at radius 1 is 1.10 bits per heavy atom. The van der Waals surface area contributed by atoms with E-state index in [9.17, 15) is 0 Å². The highest BCUT2D eigenvalue weighted by Gasteiger charge is 2.16. The van der Waals surface area contributed by atoms with Crippen molar-refractivity contribution in [2.24, 2.45) is 0 Å². The molecule has 0 radical (unpaired) electrons. The number of benzene rings is 1. The molecule has 0 bridgehead atoms. The van der Waals surface area contributed by atoms with Crippen LogP contribution >= 0.6 is 0 Å². The first-order chi connectivity index (χ1) is 10.3. The van der Waals surface area contributed by atoms with Crippen LogP contribution in [0, 0.1) is 6.92 Å². The normalized spacial score (nSPS) is 15.0. The molecular formula is C17H21NO3. The lowest BCUT2D eigenvalue weighted by Crippen LogP contribution is -2.21. The van der Waals surface area contributed by atoms with Gasteiger partial charge in [0.05, 0.1) is 6.54 Å². The molecule has 0 fully saturated rings. The molecule has 1 aromatic carbocycles. The first-order valence-corrected chi connectivity index (χ1v) is 7.44. The summed E-state index contributed by atoms with van der Waals surface area (Å²) in [5, 5.41) is 3.53. The average molecular weight is 287 g/mol. The van der Waals surface area contributed by atoms with E-state index < -0.39 is 0 Å². The third kappa shape index (κ3) is 3.22. The molecule has 1 unspecified atom stereocenters. The molecule has 1 aromatic heterocycles. The van der Waals surface area contributed by atoms with Gasteiger partial charge in [-0.25, -0.2) is 0 Å². The summed E-state index contributed by atoms with van der Waals surface area (Å²) in [6, 6.07) is 10.4. The molecule has 0 saturated heterocycles. The predicted octanol–water partition coefficient (Wildman–Crippen LogP) is 3.60. The summed E-state index contributed by atoms with van der Waals surface area (Å²) in [5.41, 5.74) is 1.21. The van der Waals surface area contributed by atoms with E-state index in [0.717, 1.165) is 36.0 Å². The number of nitrogens with one attached hydrogen (secondary N) is 1. The molecule has 0 aliphatic carbocycles. The van der Waals surface area contributed by atoms with Crippen LogP contribution in [0.5, 0.6) is 11.5 Å². The highest BCUT2D eigenvalue weighted by atomic mass is 16.6. The lowest BCUT2D eigenvalue weighted by atomic mass is 10.0. The molecule has 1 aliphatic heterocycles. The van der Waals surface area contributed by atoms with Gasteiger partial charge in [-0.3, -0.25) is 0 Å². The van der Waals surface area contributed by atoms with E-state index in [1.807, 2.05) is 25.1 Å². The molecule has 0 saturated carbocycles. The van der Waals surface area contributed by atoms with Crippen LogP contribution in [0.15, 0.2) is 34.7 Å². The quantitative estimate of drug-likeness (QED) is 0.912. The minimum Gasteiger partial charge on any atom is -0.486 e. The van der Waals surface area contributed by atoms with Crippen molar-refractivity contribution < 1.29 is 13.9 Å².